The summed E-state index contributed by atoms with van der Waals surface area (Å²) in [7, 11) is 0. The minimum Gasteiger partial charge on any atom is -0.492 e. The first-order valence-corrected chi connectivity index (χ1v) is 11.4. The third-order valence-electron chi connectivity index (χ3n) is 5.85. The number of carbonyl (C=O) groups excluding carboxylic acids is 1. The Labute approximate surface area is 190 Å². The van der Waals surface area contributed by atoms with Crippen LogP contribution in [-0.2, 0) is 9.47 Å². The second kappa shape index (κ2) is 12.0. The van der Waals surface area contributed by atoms with E-state index in [0.717, 1.165) is 82.6 Å². The van der Waals surface area contributed by atoms with Gasteiger partial charge in [-0.15, -0.1) is 0 Å². The average Bonchev–Trinajstić information content (AvgIpc) is 2.86. The van der Waals surface area contributed by atoms with Crippen molar-refractivity contribution in [3.8, 4) is 16.9 Å². The number of benzene rings is 2. The lowest BCUT2D eigenvalue weighted by molar-refractivity contribution is 0.0322. The quantitative estimate of drug-likeness (QED) is 0.646. The number of hydrogen-bond donors (Lipinski definition) is 1. The van der Waals surface area contributed by atoms with Crippen LogP contribution in [0.3, 0.4) is 0 Å². The highest BCUT2D eigenvalue weighted by atomic mass is 16.5. The topological polar surface area (TPSA) is 63.3 Å². The van der Waals surface area contributed by atoms with Crippen molar-refractivity contribution < 1.29 is 19.0 Å². The molecule has 2 fully saturated rings. The summed E-state index contributed by atoms with van der Waals surface area (Å²) in [5, 5.41) is 3.04. The molecule has 0 unspecified atom stereocenters. The maximum absolute atomic E-state index is 12.8. The molecule has 2 saturated heterocycles. The zero-order valence-electron chi connectivity index (χ0n) is 18.6. The molecule has 0 saturated carbocycles. The van der Waals surface area contributed by atoms with Crippen LogP contribution >= 0.6 is 0 Å². The molecule has 7 nitrogen and oxygen atoms in total. The number of carbonyl (C=O) groups is 1. The Balaban J connectivity index is 1.30. The van der Waals surface area contributed by atoms with Crippen molar-refractivity contribution >= 4 is 5.91 Å². The summed E-state index contributed by atoms with van der Waals surface area (Å²) >= 11 is 0. The van der Waals surface area contributed by atoms with Crippen molar-refractivity contribution in [3.63, 3.8) is 0 Å². The first kappa shape index (κ1) is 22.7. The van der Waals surface area contributed by atoms with Crippen LogP contribution in [0, 0.1) is 6.07 Å². The molecule has 0 bridgehead atoms. The van der Waals surface area contributed by atoms with Gasteiger partial charge in [-0.05, 0) is 29.3 Å². The van der Waals surface area contributed by atoms with Crippen LogP contribution in [0.25, 0.3) is 11.1 Å². The van der Waals surface area contributed by atoms with Gasteiger partial charge in [0.1, 0.15) is 12.4 Å². The normalized spacial score (nSPS) is 17.8. The van der Waals surface area contributed by atoms with Crippen molar-refractivity contribution in [2.24, 2.45) is 0 Å². The van der Waals surface area contributed by atoms with E-state index in [0.29, 0.717) is 18.7 Å². The monoisotopic (exact) mass is 438 g/mol. The van der Waals surface area contributed by atoms with Crippen LogP contribution in [0.1, 0.15) is 10.4 Å². The second-order valence-corrected chi connectivity index (χ2v) is 8.00. The van der Waals surface area contributed by atoms with Crippen LogP contribution in [0.5, 0.6) is 5.75 Å². The lowest BCUT2D eigenvalue weighted by Crippen LogP contribution is -2.41. The fraction of sp³-hybridized carbons (Fsp3) is 0.480. The molecule has 2 aromatic rings. The Morgan fingerprint density at radius 2 is 1.59 bits per heavy atom. The van der Waals surface area contributed by atoms with E-state index in [4.69, 9.17) is 14.2 Å². The van der Waals surface area contributed by atoms with Gasteiger partial charge in [-0.25, -0.2) is 0 Å². The van der Waals surface area contributed by atoms with Gasteiger partial charge in [0, 0.05) is 45.8 Å². The zero-order chi connectivity index (χ0) is 22.0. The van der Waals surface area contributed by atoms with Crippen LogP contribution in [-0.4, -0.2) is 94.6 Å². The van der Waals surface area contributed by atoms with Crippen molar-refractivity contribution in [1.29, 1.82) is 0 Å². The van der Waals surface area contributed by atoms with Gasteiger partial charge in [-0.3, -0.25) is 14.6 Å². The maximum atomic E-state index is 12.8. The third-order valence-corrected chi connectivity index (χ3v) is 5.85. The smallest absolute Gasteiger partial charge is 0.252 e. The lowest BCUT2D eigenvalue weighted by atomic mass is 9.99. The van der Waals surface area contributed by atoms with E-state index in [1.54, 1.807) is 6.07 Å². The molecule has 1 radical (unpaired) electrons. The van der Waals surface area contributed by atoms with Gasteiger partial charge in [0.2, 0.25) is 0 Å². The summed E-state index contributed by atoms with van der Waals surface area (Å²) in [6.07, 6.45) is 0. The van der Waals surface area contributed by atoms with Gasteiger partial charge < -0.3 is 19.5 Å². The molecule has 1 N–H and O–H groups in total. The first-order chi connectivity index (χ1) is 15.8. The lowest BCUT2D eigenvalue weighted by Gasteiger charge is -2.26. The highest BCUT2D eigenvalue weighted by molar-refractivity contribution is 6.00. The number of nitrogens with zero attached hydrogens (tertiary/aromatic N) is 2. The van der Waals surface area contributed by atoms with E-state index in [9.17, 15) is 4.79 Å². The number of amides is 1. The average molecular weight is 439 g/mol. The standard InChI is InChI=1S/C25H32N3O4/c29-25(26-9-10-27-11-16-30-17-12-27)24-4-2-1-3-23(24)21-5-7-22(8-6-21)32-20-15-28-13-18-31-19-14-28/h1-3,5-8H,9-20H2,(H,26,29). The maximum Gasteiger partial charge on any atom is 0.252 e. The zero-order valence-corrected chi connectivity index (χ0v) is 18.6. The van der Waals surface area contributed by atoms with E-state index in [-0.39, 0.29) is 5.91 Å². The van der Waals surface area contributed by atoms with E-state index in [1.165, 1.54) is 0 Å². The predicted octanol–water partition coefficient (Wildman–Crippen LogP) is 1.93. The van der Waals surface area contributed by atoms with E-state index in [1.807, 2.05) is 36.4 Å². The van der Waals surface area contributed by atoms with Gasteiger partial charge >= 0.3 is 0 Å². The van der Waals surface area contributed by atoms with Gasteiger partial charge in [-0.1, -0.05) is 30.3 Å². The van der Waals surface area contributed by atoms with Crippen LogP contribution < -0.4 is 10.1 Å². The summed E-state index contributed by atoms with van der Waals surface area (Å²) < 4.78 is 16.6. The predicted molar refractivity (Wildman–Crippen MR) is 123 cm³/mol. The number of morpholine rings is 2. The number of nitrogens with one attached hydrogen (secondary N) is 1. The van der Waals surface area contributed by atoms with Gasteiger partial charge in [0.05, 0.1) is 32.0 Å². The second-order valence-electron chi connectivity index (χ2n) is 8.00. The molecular weight excluding hydrogens is 406 g/mol. The van der Waals surface area contributed by atoms with Gasteiger partial charge in [0.15, 0.2) is 0 Å². The molecule has 0 aliphatic carbocycles. The van der Waals surface area contributed by atoms with Crippen molar-refractivity contribution in [2.45, 2.75) is 0 Å². The molecule has 2 aliphatic heterocycles. The molecule has 2 aromatic carbocycles. The van der Waals surface area contributed by atoms with Crippen LogP contribution in [0.2, 0.25) is 0 Å². The highest BCUT2D eigenvalue weighted by Gasteiger charge is 2.15. The van der Waals surface area contributed by atoms with Crippen molar-refractivity contribution in [1.82, 2.24) is 15.1 Å². The molecule has 0 atom stereocenters. The molecule has 1 amide bonds. The Bertz CT molecular complexity index is 847. The fourth-order valence-corrected chi connectivity index (χ4v) is 3.95. The minimum absolute atomic E-state index is 0.0975. The molecule has 0 spiro atoms. The number of rotatable bonds is 9. The van der Waals surface area contributed by atoms with E-state index >= 15 is 0 Å². The Hall–Kier alpha value is -2.45. The first-order valence-electron chi connectivity index (χ1n) is 11.4. The summed E-state index contributed by atoms with van der Waals surface area (Å²) in [5.41, 5.74) is 2.41. The van der Waals surface area contributed by atoms with Crippen LogP contribution in [0.4, 0.5) is 0 Å². The molecule has 0 aromatic heterocycles. The number of ether oxygens (including phenoxy) is 3. The SMILES string of the molecule is O=C(NCCN1CCOCC1)c1[c]cccc1-c1ccc(OCCN2CCOCC2)cc1. The molecule has 171 valence electrons. The van der Waals surface area contributed by atoms with Gasteiger partial charge in [0.25, 0.3) is 5.91 Å². The Kier molecular flexibility index (Phi) is 8.50. The third kappa shape index (κ3) is 6.53. The Morgan fingerprint density at radius 3 is 2.28 bits per heavy atom. The molecule has 4 rings (SSSR count). The van der Waals surface area contributed by atoms with E-state index in [2.05, 4.69) is 21.2 Å². The summed E-state index contributed by atoms with van der Waals surface area (Å²) in [6.45, 7) is 9.85. The van der Waals surface area contributed by atoms with Crippen LogP contribution in [0.15, 0.2) is 42.5 Å². The summed E-state index contributed by atoms with van der Waals surface area (Å²) in [6, 6.07) is 16.7. The van der Waals surface area contributed by atoms with E-state index < -0.39 is 0 Å². The molecule has 32 heavy (non-hydrogen) atoms. The summed E-state index contributed by atoms with van der Waals surface area (Å²) in [5.74, 6) is 0.734. The largest absolute Gasteiger partial charge is 0.492 e. The molecule has 2 heterocycles. The Morgan fingerprint density at radius 1 is 0.938 bits per heavy atom. The van der Waals surface area contributed by atoms with Crippen molar-refractivity contribution in [3.05, 3.63) is 54.1 Å². The molecular formula is C25H32N3O4. The number of hydrogen-bond acceptors (Lipinski definition) is 6. The summed E-state index contributed by atoms with van der Waals surface area (Å²) in [4.78, 5) is 17.5. The molecule has 7 heteroatoms. The highest BCUT2D eigenvalue weighted by Crippen LogP contribution is 2.25. The van der Waals surface area contributed by atoms with Crippen molar-refractivity contribution in [2.75, 3.05) is 78.8 Å². The fourth-order valence-electron chi connectivity index (χ4n) is 3.95. The minimum atomic E-state index is -0.0975. The van der Waals surface area contributed by atoms with Gasteiger partial charge in [-0.2, -0.15) is 0 Å². The molecule has 2 aliphatic rings.